The van der Waals surface area contributed by atoms with Gasteiger partial charge in [-0.1, -0.05) is 20.8 Å². The van der Waals surface area contributed by atoms with Crippen molar-refractivity contribution in [2.75, 3.05) is 18.1 Å². The number of ether oxygens (including phenoxy) is 3. The molecule has 1 aliphatic carbocycles. The molecule has 0 unspecified atom stereocenters. The molecule has 0 N–H and O–H groups in total. The van der Waals surface area contributed by atoms with Crippen LogP contribution >= 0.6 is 23.5 Å². The fourth-order valence-corrected chi connectivity index (χ4v) is 7.43. The van der Waals surface area contributed by atoms with Gasteiger partial charge in [-0.2, -0.15) is 0 Å². The molecule has 2 bridgehead atoms. The van der Waals surface area contributed by atoms with Crippen molar-refractivity contribution in [2.45, 2.75) is 89.3 Å². The first kappa shape index (κ1) is 23.2. The number of rotatable bonds is 7. The van der Waals surface area contributed by atoms with Crippen molar-refractivity contribution < 1.29 is 28.8 Å². The first-order valence-corrected chi connectivity index (χ1v) is 13.5. The van der Waals surface area contributed by atoms with Crippen molar-refractivity contribution in [1.82, 2.24) is 0 Å². The zero-order valence-corrected chi connectivity index (χ0v) is 20.2. The van der Waals surface area contributed by atoms with Crippen LogP contribution in [-0.4, -0.2) is 46.5 Å². The topological polar surface area (TPSA) is 63.2 Å². The highest BCUT2D eigenvalue weighted by molar-refractivity contribution is 8.13. The van der Waals surface area contributed by atoms with Crippen molar-refractivity contribution in [3.63, 3.8) is 0 Å². The average molecular weight is 461 g/mol. The molecule has 5 aliphatic rings. The standard InChI is InChI=1S/C22H36O6S2/c1-5-12-30-20(23)24-11-6-13-29-18-15(3)17-8-7-14(2)16-9-10-21(4)26-19(25-18)22(16,17)28-27-21/h14-19H,5-13H2,1-4H3/t14-,15-,16+,17+,18+,19-,21-,22-/m1/s1. The molecule has 4 aliphatic heterocycles. The van der Waals surface area contributed by atoms with E-state index in [2.05, 4.69) is 20.8 Å². The Bertz CT molecular complexity index is 620. The summed E-state index contributed by atoms with van der Waals surface area (Å²) < 4.78 is 18.3. The van der Waals surface area contributed by atoms with Crippen LogP contribution in [0, 0.1) is 23.7 Å². The zero-order valence-electron chi connectivity index (χ0n) is 18.6. The van der Waals surface area contributed by atoms with Crippen molar-refractivity contribution in [3.8, 4) is 0 Å². The van der Waals surface area contributed by atoms with E-state index in [0.29, 0.717) is 30.3 Å². The lowest BCUT2D eigenvalue weighted by Crippen LogP contribution is -2.70. The molecule has 0 aromatic heterocycles. The maximum Gasteiger partial charge on any atom is 0.367 e. The van der Waals surface area contributed by atoms with Crippen molar-refractivity contribution in [1.29, 1.82) is 0 Å². The van der Waals surface area contributed by atoms with Gasteiger partial charge in [-0.05, 0) is 74.3 Å². The molecule has 1 spiro atoms. The largest absolute Gasteiger partial charge is 0.458 e. The van der Waals surface area contributed by atoms with E-state index >= 15 is 0 Å². The predicted molar refractivity (Wildman–Crippen MR) is 118 cm³/mol. The Morgan fingerprint density at radius 2 is 1.97 bits per heavy atom. The minimum atomic E-state index is -0.725. The molecule has 0 aromatic carbocycles. The van der Waals surface area contributed by atoms with E-state index in [9.17, 15) is 4.79 Å². The molecular weight excluding hydrogens is 424 g/mol. The second-order valence-electron chi connectivity index (χ2n) is 9.44. The molecule has 5 fully saturated rings. The van der Waals surface area contributed by atoms with Gasteiger partial charge in [-0.3, -0.25) is 0 Å². The number of hydrogen-bond donors (Lipinski definition) is 0. The second-order valence-corrected chi connectivity index (χ2v) is 11.7. The van der Waals surface area contributed by atoms with Crippen LogP contribution in [0.5, 0.6) is 0 Å². The molecule has 5 rings (SSSR count). The van der Waals surface area contributed by atoms with Crippen LogP contribution in [0.1, 0.15) is 66.2 Å². The lowest BCUT2D eigenvalue weighted by molar-refractivity contribution is -0.568. The molecule has 30 heavy (non-hydrogen) atoms. The van der Waals surface area contributed by atoms with Gasteiger partial charge in [-0.15, -0.1) is 11.8 Å². The Morgan fingerprint density at radius 3 is 2.77 bits per heavy atom. The van der Waals surface area contributed by atoms with Crippen molar-refractivity contribution in [2.24, 2.45) is 23.7 Å². The van der Waals surface area contributed by atoms with Gasteiger partial charge >= 0.3 is 5.30 Å². The van der Waals surface area contributed by atoms with Crippen LogP contribution in [0.25, 0.3) is 0 Å². The molecule has 0 amide bonds. The van der Waals surface area contributed by atoms with Gasteiger partial charge in [0.15, 0.2) is 11.9 Å². The maximum absolute atomic E-state index is 11.6. The predicted octanol–water partition coefficient (Wildman–Crippen LogP) is 5.60. The molecular formula is C22H36O6S2. The highest BCUT2D eigenvalue weighted by atomic mass is 32.2. The summed E-state index contributed by atoms with van der Waals surface area (Å²) in [6, 6.07) is 0. The summed E-state index contributed by atoms with van der Waals surface area (Å²) in [4.78, 5) is 23.7. The molecule has 8 heteroatoms. The van der Waals surface area contributed by atoms with Gasteiger partial charge in [0.25, 0.3) is 0 Å². The van der Waals surface area contributed by atoms with Crippen LogP contribution in [0.3, 0.4) is 0 Å². The third-order valence-corrected chi connectivity index (χ3v) is 9.67. The van der Waals surface area contributed by atoms with Gasteiger partial charge in [0.05, 0.1) is 6.61 Å². The lowest BCUT2D eigenvalue weighted by atomic mass is 9.58. The van der Waals surface area contributed by atoms with E-state index in [-0.39, 0.29) is 17.0 Å². The summed E-state index contributed by atoms with van der Waals surface area (Å²) in [6.07, 6.45) is 5.65. The molecule has 4 saturated heterocycles. The summed E-state index contributed by atoms with van der Waals surface area (Å²) in [5.41, 5.74) is -0.438. The quantitative estimate of drug-likeness (QED) is 0.276. The van der Waals surface area contributed by atoms with Crippen LogP contribution in [0.2, 0.25) is 0 Å². The molecule has 6 nitrogen and oxygen atoms in total. The van der Waals surface area contributed by atoms with E-state index < -0.39 is 11.4 Å². The third kappa shape index (κ3) is 4.29. The highest BCUT2D eigenvalue weighted by Crippen LogP contribution is 2.61. The van der Waals surface area contributed by atoms with E-state index in [4.69, 9.17) is 24.0 Å². The number of carbonyl (C=O) groups excluding carboxylic acids is 1. The Hall–Kier alpha value is 0.01000. The SMILES string of the molecule is CCCSC(=O)OCCCS[C@@H]1O[C@@H]2O[C@@]3(C)CC[C@H]4[C@H](C)CC[C@@H]([C@H]1C)[C@@]24OO3. The molecule has 0 aromatic rings. The maximum atomic E-state index is 11.6. The Morgan fingerprint density at radius 1 is 1.13 bits per heavy atom. The van der Waals surface area contributed by atoms with E-state index in [1.54, 1.807) is 0 Å². The van der Waals surface area contributed by atoms with E-state index in [1.165, 1.54) is 18.2 Å². The van der Waals surface area contributed by atoms with Gasteiger partial charge in [0.2, 0.25) is 5.79 Å². The van der Waals surface area contributed by atoms with Crippen LogP contribution < -0.4 is 0 Å². The minimum Gasteiger partial charge on any atom is -0.458 e. The molecule has 0 radical (unpaired) electrons. The first-order chi connectivity index (χ1) is 14.4. The highest BCUT2D eigenvalue weighted by Gasteiger charge is 2.69. The lowest BCUT2D eigenvalue weighted by Gasteiger charge is -2.60. The van der Waals surface area contributed by atoms with Crippen LogP contribution in [0.4, 0.5) is 4.79 Å². The Balaban J connectivity index is 1.36. The van der Waals surface area contributed by atoms with Gasteiger partial charge < -0.3 is 14.2 Å². The fraction of sp³-hybridized carbons (Fsp3) is 0.955. The van der Waals surface area contributed by atoms with Gasteiger partial charge in [-0.25, -0.2) is 14.6 Å². The first-order valence-electron chi connectivity index (χ1n) is 11.5. The van der Waals surface area contributed by atoms with E-state index in [0.717, 1.165) is 43.6 Å². The smallest absolute Gasteiger partial charge is 0.367 e. The number of fused-ring (bicyclic) bond motifs is 2. The summed E-state index contributed by atoms with van der Waals surface area (Å²) >= 11 is 3.07. The Labute approximate surface area is 188 Å². The molecule has 8 atom stereocenters. The van der Waals surface area contributed by atoms with Crippen LogP contribution in [0.15, 0.2) is 0 Å². The van der Waals surface area contributed by atoms with Crippen molar-refractivity contribution in [3.05, 3.63) is 0 Å². The van der Waals surface area contributed by atoms with Crippen LogP contribution in [-0.2, 0) is 24.0 Å². The normalized spacial score (nSPS) is 44.9. The Kier molecular flexibility index (Phi) is 7.32. The molecule has 4 heterocycles. The monoisotopic (exact) mass is 460 g/mol. The number of thioether (sulfide) groups is 2. The minimum absolute atomic E-state index is 0.0522. The molecule has 1 saturated carbocycles. The summed E-state index contributed by atoms with van der Waals surface area (Å²) in [6.45, 7) is 9.10. The average Bonchev–Trinajstić information content (AvgIpc) is 2.95. The number of carbonyl (C=O) groups is 1. The zero-order chi connectivity index (χ0) is 21.4. The van der Waals surface area contributed by atoms with E-state index in [1.807, 2.05) is 18.7 Å². The number of hydrogen-bond acceptors (Lipinski definition) is 8. The summed E-state index contributed by atoms with van der Waals surface area (Å²) in [5, 5.41) is -0.165. The third-order valence-electron chi connectivity index (χ3n) is 7.31. The van der Waals surface area contributed by atoms with Crippen molar-refractivity contribution >= 4 is 28.8 Å². The van der Waals surface area contributed by atoms with Gasteiger partial charge in [0, 0.05) is 18.1 Å². The van der Waals surface area contributed by atoms with Gasteiger partial charge in [0.1, 0.15) is 5.44 Å². The summed E-state index contributed by atoms with van der Waals surface area (Å²) in [5.74, 6) is 2.67. The summed E-state index contributed by atoms with van der Waals surface area (Å²) in [7, 11) is 0. The molecule has 172 valence electrons. The fourth-order valence-electron chi connectivity index (χ4n) is 5.70. The second kappa shape index (κ2) is 9.48.